The van der Waals surface area contributed by atoms with Gasteiger partial charge in [0.1, 0.15) is 4.60 Å². The van der Waals surface area contributed by atoms with Crippen molar-refractivity contribution in [2.75, 3.05) is 24.3 Å². The van der Waals surface area contributed by atoms with E-state index < -0.39 is 5.97 Å². The topological polar surface area (TPSA) is 89.5 Å². The van der Waals surface area contributed by atoms with E-state index in [1.807, 2.05) is 0 Å². The second-order valence-corrected chi connectivity index (χ2v) is 6.74. The van der Waals surface area contributed by atoms with Gasteiger partial charge in [-0.25, -0.2) is 14.8 Å². The molecule has 118 valence electrons. The first-order valence-corrected chi connectivity index (χ1v) is 8.24. The summed E-state index contributed by atoms with van der Waals surface area (Å²) in [4.78, 5) is 44.6. The van der Waals surface area contributed by atoms with E-state index in [2.05, 4.69) is 30.6 Å². The van der Waals surface area contributed by atoms with Crippen LogP contribution in [0.5, 0.6) is 0 Å². The highest BCUT2D eigenvalue weighted by atomic mass is 79.9. The largest absolute Gasteiger partial charge is 0.464 e. The number of hydrogen-bond donors (Lipinski definition) is 0. The lowest BCUT2D eigenvalue weighted by molar-refractivity contribution is -0.117. The average molecular weight is 388 g/mol. The van der Waals surface area contributed by atoms with Crippen LogP contribution in [-0.4, -0.2) is 46.4 Å². The van der Waals surface area contributed by atoms with Gasteiger partial charge in [-0.1, -0.05) is 11.8 Å². The highest BCUT2D eigenvalue weighted by molar-refractivity contribution is 9.10. The second kappa shape index (κ2) is 7.19. The van der Waals surface area contributed by atoms with Crippen LogP contribution in [0.2, 0.25) is 0 Å². The van der Waals surface area contributed by atoms with E-state index >= 15 is 0 Å². The van der Waals surface area contributed by atoms with Crippen molar-refractivity contribution >= 4 is 50.5 Å². The Balaban J connectivity index is 2.23. The molecule has 1 aliphatic rings. The molecular formula is C13H14BrN3O4S. The summed E-state index contributed by atoms with van der Waals surface area (Å²) >= 11 is 4.34. The van der Waals surface area contributed by atoms with Crippen molar-refractivity contribution in [1.82, 2.24) is 9.97 Å². The fourth-order valence-electron chi connectivity index (χ4n) is 2.13. The van der Waals surface area contributed by atoms with Crippen LogP contribution in [0.25, 0.3) is 0 Å². The minimum Gasteiger partial charge on any atom is -0.464 e. The van der Waals surface area contributed by atoms with Gasteiger partial charge in [0.2, 0.25) is 5.91 Å². The number of anilines is 1. The summed E-state index contributed by atoms with van der Waals surface area (Å²) in [6.07, 6.45) is 1.74. The molecule has 0 radical (unpaired) electrons. The molecule has 1 aromatic heterocycles. The van der Waals surface area contributed by atoms with E-state index in [1.165, 1.54) is 36.9 Å². The molecule has 7 nitrogen and oxygen atoms in total. The molecule has 0 saturated carbocycles. The Bertz CT molecular complexity index is 625. The first kappa shape index (κ1) is 16.9. The first-order chi connectivity index (χ1) is 10.4. The summed E-state index contributed by atoms with van der Waals surface area (Å²) in [6, 6.07) is 0. The first-order valence-electron chi connectivity index (χ1n) is 6.47. The zero-order chi connectivity index (χ0) is 16.3. The van der Waals surface area contributed by atoms with Crippen molar-refractivity contribution in [2.45, 2.75) is 13.3 Å². The van der Waals surface area contributed by atoms with E-state index in [0.29, 0.717) is 23.3 Å². The van der Waals surface area contributed by atoms with Crippen LogP contribution in [0.4, 0.5) is 5.82 Å². The van der Waals surface area contributed by atoms with Gasteiger partial charge in [0, 0.05) is 25.6 Å². The molecule has 1 saturated heterocycles. The number of methoxy groups -OCH3 is 1. The summed E-state index contributed by atoms with van der Waals surface area (Å²) in [5, 5.41) is 0.0181. The third-order valence-corrected chi connectivity index (χ3v) is 4.51. The summed E-state index contributed by atoms with van der Waals surface area (Å²) in [5.74, 6) is -0.00320. The molecule has 2 heterocycles. The molecule has 1 fully saturated rings. The number of nitrogens with zero attached hydrogens (tertiary/aromatic N) is 3. The molecule has 1 amide bonds. The molecule has 0 aliphatic carbocycles. The quantitative estimate of drug-likeness (QED) is 0.725. The molecule has 1 atom stereocenters. The monoisotopic (exact) mass is 387 g/mol. The number of carbonyl (C=O) groups is 3. The highest BCUT2D eigenvalue weighted by Gasteiger charge is 2.34. The Kier molecular flexibility index (Phi) is 5.52. The lowest BCUT2D eigenvalue weighted by Gasteiger charge is -2.17. The molecule has 1 aliphatic heterocycles. The van der Waals surface area contributed by atoms with E-state index in [4.69, 9.17) is 0 Å². The third kappa shape index (κ3) is 3.83. The van der Waals surface area contributed by atoms with Gasteiger partial charge in [-0.15, -0.1) is 0 Å². The van der Waals surface area contributed by atoms with Gasteiger partial charge in [0.25, 0.3) is 0 Å². The molecule has 0 aromatic carbocycles. The molecule has 0 N–H and O–H groups in total. The maximum Gasteiger partial charge on any atom is 0.360 e. The third-order valence-electron chi connectivity index (χ3n) is 3.09. The lowest BCUT2D eigenvalue weighted by atomic mass is 10.1. The number of ether oxygens (including phenoxy) is 1. The van der Waals surface area contributed by atoms with Gasteiger partial charge >= 0.3 is 5.97 Å². The zero-order valence-corrected chi connectivity index (χ0v) is 14.4. The van der Waals surface area contributed by atoms with Gasteiger partial charge < -0.3 is 4.74 Å². The maximum atomic E-state index is 12.2. The van der Waals surface area contributed by atoms with Gasteiger partial charge in [-0.3, -0.25) is 14.5 Å². The Morgan fingerprint density at radius 2 is 2.27 bits per heavy atom. The van der Waals surface area contributed by atoms with Gasteiger partial charge in [-0.2, -0.15) is 0 Å². The standard InChI is InChI=1S/C13H14BrN3O4S/c1-7(18)22-6-8-3-10(19)17(5-8)12-11(13(20)21-2)16-9(14)4-15-12/h4,8H,3,5-6H2,1-2H3. The molecule has 2 rings (SSSR count). The Hall–Kier alpha value is -1.48. The molecule has 0 spiro atoms. The van der Waals surface area contributed by atoms with Crippen molar-refractivity contribution < 1.29 is 19.1 Å². The zero-order valence-electron chi connectivity index (χ0n) is 12.0. The predicted octanol–water partition coefficient (Wildman–Crippen LogP) is 1.66. The molecule has 1 aromatic rings. The molecule has 9 heteroatoms. The van der Waals surface area contributed by atoms with Gasteiger partial charge in [0.05, 0.1) is 13.3 Å². The van der Waals surface area contributed by atoms with Crippen molar-refractivity contribution in [3.8, 4) is 0 Å². The van der Waals surface area contributed by atoms with Crippen LogP contribution < -0.4 is 4.90 Å². The summed E-state index contributed by atoms with van der Waals surface area (Å²) in [6.45, 7) is 1.90. The summed E-state index contributed by atoms with van der Waals surface area (Å²) in [7, 11) is 1.24. The highest BCUT2D eigenvalue weighted by Crippen LogP contribution is 2.28. The SMILES string of the molecule is COC(=O)c1nc(Br)cnc1N1CC(CSC(C)=O)CC1=O. The van der Waals surface area contributed by atoms with E-state index in [0.717, 1.165) is 0 Å². The number of hydrogen-bond acceptors (Lipinski definition) is 7. The fraction of sp³-hybridized carbons (Fsp3) is 0.462. The number of amides is 1. The molecular weight excluding hydrogens is 374 g/mol. The molecule has 22 heavy (non-hydrogen) atoms. The Labute approximate surface area is 139 Å². The number of aromatic nitrogens is 2. The minimum atomic E-state index is -0.654. The number of halogens is 1. The van der Waals surface area contributed by atoms with Crippen molar-refractivity contribution in [3.05, 3.63) is 16.5 Å². The fourth-order valence-corrected chi connectivity index (χ4v) is 3.10. The molecule has 0 bridgehead atoms. The van der Waals surface area contributed by atoms with Crippen molar-refractivity contribution in [2.24, 2.45) is 5.92 Å². The number of esters is 1. The number of rotatable bonds is 4. The van der Waals surface area contributed by atoms with E-state index in [1.54, 1.807) is 0 Å². The number of carbonyl (C=O) groups excluding carboxylic acids is 3. The van der Waals surface area contributed by atoms with Crippen molar-refractivity contribution in [1.29, 1.82) is 0 Å². The average Bonchev–Trinajstić information content (AvgIpc) is 2.85. The predicted molar refractivity (Wildman–Crippen MR) is 84.7 cm³/mol. The van der Waals surface area contributed by atoms with Crippen LogP contribution in [0.1, 0.15) is 23.8 Å². The van der Waals surface area contributed by atoms with Crippen LogP contribution in [0.15, 0.2) is 10.8 Å². The van der Waals surface area contributed by atoms with Gasteiger partial charge in [0.15, 0.2) is 16.6 Å². The second-order valence-electron chi connectivity index (χ2n) is 4.73. The smallest absolute Gasteiger partial charge is 0.360 e. The van der Waals surface area contributed by atoms with Crippen molar-refractivity contribution in [3.63, 3.8) is 0 Å². The van der Waals surface area contributed by atoms with E-state index in [9.17, 15) is 14.4 Å². The lowest BCUT2D eigenvalue weighted by Crippen LogP contribution is -2.28. The summed E-state index contributed by atoms with van der Waals surface area (Å²) in [5.41, 5.74) is -0.00917. The molecule has 1 unspecified atom stereocenters. The normalized spacial score (nSPS) is 17.7. The summed E-state index contributed by atoms with van der Waals surface area (Å²) < 4.78 is 5.06. The van der Waals surface area contributed by atoms with Crippen LogP contribution in [0.3, 0.4) is 0 Å². The van der Waals surface area contributed by atoms with Crippen LogP contribution in [-0.2, 0) is 14.3 Å². The number of thioether (sulfide) groups is 1. The van der Waals surface area contributed by atoms with Gasteiger partial charge in [-0.05, 0) is 21.8 Å². The maximum absolute atomic E-state index is 12.2. The van der Waals surface area contributed by atoms with E-state index in [-0.39, 0.29) is 28.5 Å². The Morgan fingerprint density at radius 1 is 1.55 bits per heavy atom. The van der Waals surface area contributed by atoms with Crippen LogP contribution in [0, 0.1) is 5.92 Å². The van der Waals surface area contributed by atoms with Crippen LogP contribution >= 0.6 is 27.7 Å². The Morgan fingerprint density at radius 3 is 2.91 bits per heavy atom. The minimum absolute atomic E-state index is 0.00917.